The third kappa shape index (κ3) is 4.37. The van der Waals surface area contributed by atoms with Crippen LogP contribution >= 0.6 is 0 Å². The van der Waals surface area contributed by atoms with Crippen molar-refractivity contribution >= 4 is 28.9 Å². The molecule has 2 aromatic carbocycles. The summed E-state index contributed by atoms with van der Waals surface area (Å²) in [4.78, 5) is 37.0. The normalized spacial score (nSPS) is 13.6. The molecule has 2 aromatic rings. The Balaban J connectivity index is 1.89. The maximum absolute atomic E-state index is 14.1. The molecule has 0 radical (unpaired) electrons. The maximum Gasteiger partial charge on any atom is 0.340 e. The minimum atomic E-state index is -1.14. The van der Waals surface area contributed by atoms with E-state index in [-0.39, 0.29) is 11.3 Å². The van der Waals surface area contributed by atoms with Crippen LogP contribution in [0.2, 0.25) is 0 Å². The van der Waals surface area contributed by atoms with Gasteiger partial charge in [0.2, 0.25) is 0 Å². The van der Waals surface area contributed by atoms with Gasteiger partial charge in [0, 0.05) is 30.8 Å². The van der Waals surface area contributed by atoms with E-state index in [1.807, 2.05) is 4.90 Å². The van der Waals surface area contributed by atoms with Gasteiger partial charge in [-0.05, 0) is 37.5 Å². The molecule has 1 saturated heterocycles. The molecule has 1 aliphatic heterocycles. The number of nitro benzene ring substituents is 1. The van der Waals surface area contributed by atoms with Gasteiger partial charge in [-0.2, -0.15) is 0 Å². The van der Waals surface area contributed by atoms with Gasteiger partial charge in [0.1, 0.15) is 17.3 Å². The van der Waals surface area contributed by atoms with Gasteiger partial charge < -0.3 is 15.0 Å². The smallest absolute Gasteiger partial charge is 0.340 e. The quantitative estimate of drug-likeness (QED) is 0.448. The molecule has 0 saturated carbocycles. The molecule has 1 fully saturated rings. The van der Waals surface area contributed by atoms with E-state index in [1.54, 1.807) is 0 Å². The summed E-state index contributed by atoms with van der Waals surface area (Å²) in [7, 11) is 1.03. The molecule has 1 heterocycles. The van der Waals surface area contributed by atoms with E-state index >= 15 is 0 Å². The second-order valence-corrected chi connectivity index (χ2v) is 6.77. The molecular formula is C20H19F2N3O5. The maximum atomic E-state index is 14.1. The van der Waals surface area contributed by atoms with Crippen LogP contribution in [0.25, 0.3) is 0 Å². The van der Waals surface area contributed by atoms with E-state index in [2.05, 4.69) is 10.1 Å². The Labute approximate surface area is 170 Å². The molecule has 1 amide bonds. The summed E-state index contributed by atoms with van der Waals surface area (Å²) in [5.74, 6) is -4.12. The second-order valence-electron chi connectivity index (χ2n) is 6.77. The van der Waals surface area contributed by atoms with Gasteiger partial charge in [0.05, 0.1) is 23.3 Å². The highest BCUT2D eigenvalue weighted by Crippen LogP contribution is 2.31. The van der Waals surface area contributed by atoms with Crippen LogP contribution in [0, 0.1) is 21.7 Å². The van der Waals surface area contributed by atoms with E-state index in [0.29, 0.717) is 24.8 Å². The summed E-state index contributed by atoms with van der Waals surface area (Å²) in [6.07, 6.45) is 2.90. The van der Waals surface area contributed by atoms with E-state index in [1.165, 1.54) is 12.1 Å². The van der Waals surface area contributed by atoms with Gasteiger partial charge in [-0.15, -0.1) is 0 Å². The number of carbonyl (C=O) groups excluding carboxylic acids is 2. The number of methoxy groups -OCH3 is 1. The molecule has 30 heavy (non-hydrogen) atoms. The fourth-order valence-corrected chi connectivity index (χ4v) is 3.32. The summed E-state index contributed by atoms with van der Waals surface area (Å²) in [5.41, 5.74) is -0.910. The van der Waals surface area contributed by atoms with Gasteiger partial charge in [-0.3, -0.25) is 14.9 Å². The third-order valence-electron chi connectivity index (χ3n) is 4.84. The Bertz CT molecular complexity index is 1010. The number of halogens is 2. The molecule has 0 atom stereocenters. The van der Waals surface area contributed by atoms with E-state index < -0.39 is 39.7 Å². The average Bonchev–Trinajstić information content (AvgIpc) is 2.75. The molecule has 0 bridgehead atoms. The molecule has 158 valence electrons. The summed E-state index contributed by atoms with van der Waals surface area (Å²) in [6, 6.07) is 5.25. The summed E-state index contributed by atoms with van der Waals surface area (Å²) < 4.78 is 32.2. The number of ether oxygens (including phenoxy) is 1. The van der Waals surface area contributed by atoms with Crippen LogP contribution in [0.1, 0.15) is 40.0 Å². The van der Waals surface area contributed by atoms with Gasteiger partial charge in [0.25, 0.3) is 11.6 Å². The molecule has 1 aliphatic rings. The van der Waals surface area contributed by atoms with Crippen molar-refractivity contribution in [3.05, 3.63) is 63.2 Å². The molecule has 10 heteroatoms. The number of anilines is 2. The first-order valence-electron chi connectivity index (χ1n) is 9.24. The van der Waals surface area contributed by atoms with Crippen molar-refractivity contribution in [1.29, 1.82) is 0 Å². The number of piperidine rings is 1. The summed E-state index contributed by atoms with van der Waals surface area (Å²) in [6.45, 7) is 1.37. The number of rotatable bonds is 5. The fraction of sp³-hybridized carbons (Fsp3) is 0.300. The zero-order valence-corrected chi connectivity index (χ0v) is 16.1. The van der Waals surface area contributed by atoms with Crippen molar-refractivity contribution in [2.45, 2.75) is 19.3 Å². The first-order chi connectivity index (χ1) is 14.3. The number of hydrogen-bond donors (Lipinski definition) is 1. The van der Waals surface area contributed by atoms with Gasteiger partial charge in [-0.25, -0.2) is 13.6 Å². The van der Waals surface area contributed by atoms with Crippen LogP contribution in [-0.4, -0.2) is 37.0 Å². The second kappa shape index (κ2) is 8.85. The number of nitrogens with one attached hydrogen (secondary N) is 1. The van der Waals surface area contributed by atoms with Crippen molar-refractivity contribution in [3.63, 3.8) is 0 Å². The Morgan fingerprint density at radius 2 is 1.80 bits per heavy atom. The molecule has 0 aromatic heterocycles. The molecule has 3 rings (SSSR count). The summed E-state index contributed by atoms with van der Waals surface area (Å²) in [5, 5.41) is 13.7. The lowest BCUT2D eigenvalue weighted by Gasteiger charge is -2.28. The average molecular weight is 419 g/mol. The fourth-order valence-electron chi connectivity index (χ4n) is 3.32. The monoisotopic (exact) mass is 419 g/mol. The number of nitro groups is 1. The van der Waals surface area contributed by atoms with Crippen LogP contribution in [0.15, 0.2) is 30.3 Å². The highest BCUT2D eigenvalue weighted by atomic mass is 19.1. The van der Waals surface area contributed by atoms with E-state index in [0.717, 1.165) is 38.5 Å². The number of nitrogens with zero attached hydrogens (tertiary/aromatic N) is 2. The van der Waals surface area contributed by atoms with Crippen molar-refractivity contribution in [2.24, 2.45) is 0 Å². The highest BCUT2D eigenvalue weighted by molar-refractivity contribution is 6.05. The highest BCUT2D eigenvalue weighted by Gasteiger charge is 2.24. The third-order valence-corrected chi connectivity index (χ3v) is 4.84. The van der Waals surface area contributed by atoms with E-state index in [9.17, 15) is 28.5 Å². The van der Waals surface area contributed by atoms with Crippen molar-refractivity contribution in [1.82, 2.24) is 0 Å². The number of esters is 1. The lowest BCUT2D eigenvalue weighted by atomic mass is 10.1. The number of benzene rings is 2. The van der Waals surface area contributed by atoms with Gasteiger partial charge >= 0.3 is 5.97 Å². The minimum absolute atomic E-state index is 0.0780. The SMILES string of the molecule is COC(=O)c1cc(NC(=O)c2ccc(N3CCCCC3)c([N+](=O)[O-])c2)c(F)cc1F. The first-order valence-corrected chi connectivity index (χ1v) is 9.24. The standard InChI is InChI=1S/C20H19F2N3O5/c1-30-20(27)13-10-16(15(22)11-14(13)21)23-19(26)12-5-6-17(18(9-12)25(28)29)24-7-3-2-4-8-24/h5-6,9-11H,2-4,7-8H2,1H3,(H,23,26). The Morgan fingerprint density at radius 1 is 1.10 bits per heavy atom. The number of hydrogen-bond acceptors (Lipinski definition) is 6. The van der Waals surface area contributed by atoms with Crippen LogP contribution in [-0.2, 0) is 4.74 Å². The van der Waals surface area contributed by atoms with Gasteiger partial charge in [-0.1, -0.05) is 0 Å². The molecule has 0 unspecified atom stereocenters. The topological polar surface area (TPSA) is 102 Å². The van der Waals surface area contributed by atoms with E-state index in [4.69, 9.17) is 0 Å². The summed E-state index contributed by atoms with van der Waals surface area (Å²) >= 11 is 0. The van der Waals surface area contributed by atoms with Crippen LogP contribution in [0.5, 0.6) is 0 Å². The van der Waals surface area contributed by atoms with Crippen LogP contribution < -0.4 is 10.2 Å². The Morgan fingerprint density at radius 3 is 2.43 bits per heavy atom. The van der Waals surface area contributed by atoms with Crippen molar-refractivity contribution in [3.8, 4) is 0 Å². The van der Waals surface area contributed by atoms with Crippen molar-refractivity contribution in [2.75, 3.05) is 30.4 Å². The predicted octanol–water partition coefficient (Wildman–Crippen LogP) is 3.90. The largest absolute Gasteiger partial charge is 0.465 e. The Kier molecular flexibility index (Phi) is 6.24. The zero-order chi connectivity index (χ0) is 21.8. The molecular weight excluding hydrogens is 400 g/mol. The van der Waals surface area contributed by atoms with Crippen LogP contribution in [0.4, 0.5) is 25.8 Å². The predicted molar refractivity (Wildman–Crippen MR) is 105 cm³/mol. The first kappa shape index (κ1) is 21.2. The van der Waals surface area contributed by atoms with Crippen LogP contribution in [0.3, 0.4) is 0 Å². The zero-order valence-electron chi connectivity index (χ0n) is 16.1. The van der Waals surface area contributed by atoms with Gasteiger partial charge in [0.15, 0.2) is 0 Å². The molecule has 0 spiro atoms. The molecule has 1 N–H and O–H groups in total. The lowest BCUT2D eigenvalue weighted by molar-refractivity contribution is -0.384. The number of carbonyl (C=O) groups is 2. The molecule has 8 nitrogen and oxygen atoms in total. The Hall–Kier alpha value is -3.56. The molecule has 0 aliphatic carbocycles. The lowest BCUT2D eigenvalue weighted by Crippen LogP contribution is -2.30. The number of amides is 1. The minimum Gasteiger partial charge on any atom is -0.465 e. The van der Waals surface area contributed by atoms with Crippen molar-refractivity contribution < 1.29 is 28.0 Å².